The molecule has 5 aromatic rings. The number of rotatable bonds is 3. The van der Waals surface area contributed by atoms with Gasteiger partial charge < -0.3 is 4.90 Å². The molecular weight excluding hydrogens is 434 g/mol. The lowest BCUT2D eigenvalue weighted by Crippen LogP contribution is -2.31. The van der Waals surface area contributed by atoms with Crippen LogP contribution in [0.2, 0.25) is 0 Å². The summed E-state index contributed by atoms with van der Waals surface area (Å²) >= 11 is 0. The van der Waals surface area contributed by atoms with Gasteiger partial charge in [-0.1, -0.05) is 104 Å². The number of benzene rings is 5. The highest BCUT2D eigenvalue weighted by atomic mass is 15.2. The van der Waals surface area contributed by atoms with Gasteiger partial charge in [-0.25, -0.2) is 0 Å². The minimum Gasteiger partial charge on any atom is -0.310 e. The Bertz CT molecular complexity index is 1560. The van der Waals surface area contributed by atoms with E-state index in [1.807, 2.05) is 0 Å². The molecule has 0 aromatic heterocycles. The third kappa shape index (κ3) is 3.63. The van der Waals surface area contributed by atoms with Crippen molar-refractivity contribution in [3.63, 3.8) is 0 Å². The Kier molecular flexibility index (Phi) is 5.30. The van der Waals surface area contributed by atoms with Crippen LogP contribution >= 0.6 is 0 Å². The van der Waals surface area contributed by atoms with Crippen molar-refractivity contribution >= 4 is 17.1 Å². The van der Waals surface area contributed by atoms with Crippen LogP contribution in [0.4, 0.5) is 17.1 Å². The summed E-state index contributed by atoms with van der Waals surface area (Å²) in [7, 11) is 0. The molecule has 1 aliphatic heterocycles. The molecule has 6 rings (SSSR count). The molecule has 0 bridgehead atoms. The highest BCUT2D eigenvalue weighted by molar-refractivity contribution is 5.89. The summed E-state index contributed by atoms with van der Waals surface area (Å²) in [6.45, 7) is 9.15. The van der Waals surface area contributed by atoms with Gasteiger partial charge in [0.25, 0.3) is 0 Å². The van der Waals surface area contributed by atoms with Crippen LogP contribution in [-0.2, 0) is 5.41 Å². The van der Waals surface area contributed by atoms with Gasteiger partial charge in [0.05, 0.1) is 11.4 Å². The van der Waals surface area contributed by atoms with E-state index >= 15 is 0 Å². The van der Waals surface area contributed by atoms with E-state index in [4.69, 9.17) is 0 Å². The van der Waals surface area contributed by atoms with Crippen LogP contribution in [-0.4, -0.2) is 0 Å². The standard InChI is InChI=1S/C35H31N/c1-24-15-18-33-30(21-24)35(3,4)31-23-29(27-13-9-6-10-14-27)17-20-34(31)36(33)32-19-16-28(22-25(32)2)26-11-7-5-8-12-26/h5-23H,1-4H3. The molecular formula is C35H31N. The first-order valence-electron chi connectivity index (χ1n) is 12.7. The molecule has 0 unspecified atom stereocenters. The lowest BCUT2D eigenvalue weighted by Gasteiger charge is -2.43. The number of fused-ring (bicyclic) bond motifs is 2. The molecule has 0 atom stereocenters. The molecule has 0 N–H and O–H groups in total. The maximum atomic E-state index is 2.47. The van der Waals surface area contributed by atoms with E-state index < -0.39 is 0 Å². The third-order valence-electron chi connectivity index (χ3n) is 7.63. The van der Waals surface area contributed by atoms with Gasteiger partial charge in [0.2, 0.25) is 0 Å². The van der Waals surface area contributed by atoms with Crippen LogP contribution in [0.1, 0.15) is 36.1 Å². The third-order valence-corrected chi connectivity index (χ3v) is 7.63. The van der Waals surface area contributed by atoms with E-state index in [0.717, 1.165) is 0 Å². The molecule has 1 heteroatoms. The van der Waals surface area contributed by atoms with E-state index in [9.17, 15) is 0 Å². The van der Waals surface area contributed by atoms with Gasteiger partial charge in [-0.05, 0) is 83.1 Å². The molecule has 176 valence electrons. The first kappa shape index (κ1) is 22.4. The second-order valence-corrected chi connectivity index (χ2v) is 10.4. The zero-order chi connectivity index (χ0) is 24.9. The normalized spacial score (nSPS) is 13.7. The lowest BCUT2D eigenvalue weighted by molar-refractivity contribution is 0.631. The summed E-state index contributed by atoms with van der Waals surface area (Å²) in [5.41, 5.74) is 13.9. The molecule has 0 saturated carbocycles. The van der Waals surface area contributed by atoms with Gasteiger partial charge in [-0.3, -0.25) is 0 Å². The molecule has 5 aromatic carbocycles. The van der Waals surface area contributed by atoms with E-state index in [-0.39, 0.29) is 5.41 Å². The van der Waals surface area contributed by atoms with Crippen LogP contribution in [0, 0.1) is 13.8 Å². The number of nitrogens with zero attached hydrogens (tertiary/aromatic N) is 1. The van der Waals surface area contributed by atoms with Crippen molar-refractivity contribution in [3.05, 3.63) is 138 Å². The maximum Gasteiger partial charge on any atom is 0.0503 e. The number of hydrogen-bond donors (Lipinski definition) is 0. The van der Waals surface area contributed by atoms with Crippen molar-refractivity contribution in [1.82, 2.24) is 0 Å². The fourth-order valence-electron chi connectivity index (χ4n) is 5.64. The number of hydrogen-bond acceptors (Lipinski definition) is 1. The first-order valence-corrected chi connectivity index (χ1v) is 12.7. The van der Waals surface area contributed by atoms with Crippen molar-refractivity contribution in [1.29, 1.82) is 0 Å². The minimum absolute atomic E-state index is 0.115. The summed E-state index contributed by atoms with van der Waals surface area (Å²) in [5.74, 6) is 0. The van der Waals surface area contributed by atoms with Gasteiger partial charge >= 0.3 is 0 Å². The average Bonchev–Trinajstić information content (AvgIpc) is 2.91. The highest BCUT2D eigenvalue weighted by Gasteiger charge is 2.37. The first-order chi connectivity index (χ1) is 17.4. The van der Waals surface area contributed by atoms with Crippen molar-refractivity contribution < 1.29 is 0 Å². The van der Waals surface area contributed by atoms with Crippen LogP contribution in [0.25, 0.3) is 22.3 Å². The zero-order valence-corrected chi connectivity index (χ0v) is 21.4. The topological polar surface area (TPSA) is 3.24 Å². The SMILES string of the molecule is Cc1ccc2c(c1)C(C)(C)c1cc(-c3ccccc3)ccc1N2c1ccc(-c2ccccc2)cc1C. The molecule has 1 aliphatic rings. The summed E-state index contributed by atoms with van der Waals surface area (Å²) in [5, 5.41) is 0. The van der Waals surface area contributed by atoms with E-state index in [1.54, 1.807) is 0 Å². The smallest absolute Gasteiger partial charge is 0.0503 e. The molecule has 0 amide bonds. The highest BCUT2D eigenvalue weighted by Crippen LogP contribution is 2.53. The Morgan fingerprint density at radius 3 is 1.56 bits per heavy atom. The number of anilines is 3. The average molecular weight is 466 g/mol. The molecule has 1 nitrogen and oxygen atoms in total. The summed E-state index contributed by atoms with van der Waals surface area (Å²) in [4.78, 5) is 2.47. The van der Waals surface area contributed by atoms with Crippen molar-refractivity contribution in [2.24, 2.45) is 0 Å². The fourth-order valence-corrected chi connectivity index (χ4v) is 5.64. The number of aryl methyl sites for hydroxylation is 2. The fraction of sp³-hybridized carbons (Fsp3) is 0.143. The Hall–Kier alpha value is -4.10. The Labute approximate surface area is 214 Å². The molecule has 36 heavy (non-hydrogen) atoms. The second kappa shape index (κ2) is 8.53. The Morgan fingerprint density at radius 1 is 0.472 bits per heavy atom. The van der Waals surface area contributed by atoms with Crippen molar-refractivity contribution in [2.45, 2.75) is 33.1 Å². The quantitative estimate of drug-likeness (QED) is 0.256. The van der Waals surface area contributed by atoms with Gasteiger partial charge in [0.15, 0.2) is 0 Å². The van der Waals surface area contributed by atoms with Crippen molar-refractivity contribution in [2.75, 3.05) is 4.90 Å². The zero-order valence-electron chi connectivity index (χ0n) is 21.4. The molecule has 0 aliphatic carbocycles. The molecule has 0 fully saturated rings. The monoisotopic (exact) mass is 465 g/mol. The van der Waals surface area contributed by atoms with Gasteiger partial charge in [-0.15, -0.1) is 0 Å². The summed E-state index contributed by atoms with van der Waals surface area (Å²) < 4.78 is 0. The predicted octanol–water partition coefficient (Wildman–Crippen LogP) is 9.75. The van der Waals surface area contributed by atoms with E-state index in [1.165, 1.54) is 61.6 Å². The van der Waals surface area contributed by atoms with E-state index in [0.29, 0.717) is 0 Å². The maximum absolute atomic E-state index is 2.47. The summed E-state index contributed by atoms with van der Waals surface area (Å²) in [6, 6.07) is 42.1. The van der Waals surface area contributed by atoms with Crippen LogP contribution in [0.15, 0.2) is 115 Å². The lowest BCUT2D eigenvalue weighted by atomic mass is 9.72. The van der Waals surface area contributed by atoms with Crippen LogP contribution < -0.4 is 4.90 Å². The minimum atomic E-state index is -0.115. The molecule has 0 saturated heterocycles. The van der Waals surface area contributed by atoms with Gasteiger partial charge in [0.1, 0.15) is 0 Å². The Balaban J connectivity index is 1.56. The molecule has 1 heterocycles. The van der Waals surface area contributed by atoms with Gasteiger partial charge in [0, 0.05) is 11.1 Å². The largest absolute Gasteiger partial charge is 0.310 e. The second-order valence-electron chi connectivity index (χ2n) is 10.4. The van der Waals surface area contributed by atoms with Crippen LogP contribution in [0.5, 0.6) is 0 Å². The summed E-state index contributed by atoms with van der Waals surface area (Å²) in [6.07, 6.45) is 0. The molecule has 0 spiro atoms. The Morgan fingerprint density at radius 2 is 0.972 bits per heavy atom. The predicted molar refractivity (Wildman–Crippen MR) is 154 cm³/mol. The molecule has 0 radical (unpaired) electrons. The van der Waals surface area contributed by atoms with Gasteiger partial charge in [-0.2, -0.15) is 0 Å². The van der Waals surface area contributed by atoms with Crippen LogP contribution in [0.3, 0.4) is 0 Å². The van der Waals surface area contributed by atoms with E-state index in [2.05, 4.69) is 148 Å². The van der Waals surface area contributed by atoms with Crippen molar-refractivity contribution in [3.8, 4) is 22.3 Å².